The summed E-state index contributed by atoms with van der Waals surface area (Å²) < 4.78 is 5.82. The van der Waals surface area contributed by atoms with Crippen LogP contribution in [0.1, 0.15) is 22.3 Å². The quantitative estimate of drug-likeness (QED) is 0.828. The van der Waals surface area contributed by atoms with Gasteiger partial charge in [-0.1, -0.05) is 18.2 Å². The molecule has 3 rings (SSSR count). The lowest BCUT2D eigenvalue weighted by atomic mass is 10.0. The minimum absolute atomic E-state index is 0.206. The van der Waals surface area contributed by atoms with E-state index in [9.17, 15) is 4.79 Å². The molecule has 1 aliphatic rings. The number of ketones is 1. The monoisotopic (exact) mass is 324 g/mol. The summed E-state index contributed by atoms with van der Waals surface area (Å²) in [4.78, 5) is 14.8. The lowest BCUT2D eigenvalue weighted by Crippen LogP contribution is -2.44. The number of hydrogen-bond acceptors (Lipinski definition) is 4. The van der Waals surface area contributed by atoms with Crippen LogP contribution in [0.3, 0.4) is 0 Å². The first-order valence-corrected chi connectivity index (χ1v) is 8.52. The van der Waals surface area contributed by atoms with E-state index in [0.29, 0.717) is 6.42 Å². The first kappa shape index (κ1) is 16.7. The number of para-hydroxylation sites is 1. The summed E-state index contributed by atoms with van der Waals surface area (Å²) in [6.07, 6.45) is 0.569. The summed E-state index contributed by atoms with van der Waals surface area (Å²) in [7, 11) is 0. The van der Waals surface area contributed by atoms with E-state index in [1.807, 2.05) is 55.5 Å². The molecule has 1 fully saturated rings. The lowest BCUT2D eigenvalue weighted by Gasteiger charge is -2.26. The van der Waals surface area contributed by atoms with E-state index in [-0.39, 0.29) is 5.78 Å². The Morgan fingerprint density at radius 1 is 1.08 bits per heavy atom. The maximum atomic E-state index is 12.5. The summed E-state index contributed by atoms with van der Waals surface area (Å²) >= 11 is 0. The van der Waals surface area contributed by atoms with E-state index in [0.717, 1.165) is 55.3 Å². The highest BCUT2D eigenvalue weighted by molar-refractivity contribution is 5.97. The average Bonchev–Trinajstić information content (AvgIpc) is 2.61. The zero-order chi connectivity index (χ0) is 16.8. The van der Waals surface area contributed by atoms with Crippen molar-refractivity contribution in [3.8, 4) is 11.5 Å². The van der Waals surface area contributed by atoms with Crippen LogP contribution in [-0.2, 0) is 0 Å². The fraction of sp³-hybridized carbons (Fsp3) is 0.350. The van der Waals surface area contributed by atoms with Crippen LogP contribution in [-0.4, -0.2) is 43.4 Å². The van der Waals surface area contributed by atoms with Gasteiger partial charge in [0.1, 0.15) is 11.5 Å². The van der Waals surface area contributed by atoms with Gasteiger partial charge in [-0.15, -0.1) is 0 Å². The van der Waals surface area contributed by atoms with Gasteiger partial charge in [-0.05, 0) is 42.8 Å². The molecule has 0 atom stereocenters. The maximum absolute atomic E-state index is 12.5. The maximum Gasteiger partial charge on any atom is 0.164 e. The van der Waals surface area contributed by atoms with Crippen LogP contribution < -0.4 is 10.1 Å². The molecule has 1 aliphatic heterocycles. The fourth-order valence-corrected chi connectivity index (χ4v) is 2.97. The highest BCUT2D eigenvalue weighted by atomic mass is 16.5. The van der Waals surface area contributed by atoms with Crippen LogP contribution in [0.25, 0.3) is 0 Å². The van der Waals surface area contributed by atoms with Crippen molar-refractivity contribution in [3.05, 3.63) is 59.7 Å². The van der Waals surface area contributed by atoms with Crippen molar-refractivity contribution in [3.63, 3.8) is 0 Å². The molecule has 1 saturated heterocycles. The average molecular weight is 324 g/mol. The Balaban J connectivity index is 1.60. The third-order valence-electron chi connectivity index (χ3n) is 4.34. The Hall–Kier alpha value is -2.17. The van der Waals surface area contributed by atoms with Crippen LogP contribution >= 0.6 is 0 Å². The number of carbonyl (C=O) groups excluding carboxylic acids is 1. The van der Waals surface area contributed by atoms with E-state index in [4.69, 9.17) is 4.74 Å². The number of benzene rings is 2. The molecule has 0 bridgehead atoms. The van der Waals surface area contributed by atoms with Crippen molar-refractivity contribution in [2.45, 2.75) is 13.3 Å². The standard InChI is InChI=1S/C20H24N2O2/c1-16-15-18(24-17-5-3-2-4-6-17)7-8-19(16)20(23)9-12-22-13-10-21-11-14-22/h2-8,15,21H,9-14H2,1H3. The van der Waals surface area contributed by atoms with Gasteiger partial charge in [-0.25, -0.2) is 0 Å². The molecule has 0 amide bonds. The van der Waals surface area contributed by atoms with Crippen LogP contribution in [0.5, 0.6) is 11.5 Å². The molecule has 1 N–H and O–H groups in total. The van der Waals surface area contributed by atoms with Gasteiger partial charge in [-0.3, -0.25) is 4.79 Å². The Labute approximate surface area is 143 Å². The summed E-state index contributed by atoms with van der Waals surface area (Å²) in [5.74, 6) is 1.77. The molecule has 2 aromatic rings. The van der Waals surface area contributed by atoms with Crippen LogP contribution in [0.4, 0.5) is 0 Å². The van der Waals surface area contributed by atoms with E-state index >= 15 is 0 Å². The second-order valence-electron chi connectivity index (χ2n) is 6.16. The number of piperazine rings is 1. The molecule has 0 aromatic heterocycles. The first-order chi connectivity index (χ1) is 11.7. The summed E-state index contributed by atoms with van der Waals surface area (Å²) in [5.41, 5.74) is 1.76. The summed E-state index contributed by atoms with van der Waals surface area (Å²) in [6, 6.07) is 15.4. The molecule has 4 heteroatoms. The molecule has 2 aromatic carbocycles. The van der Waals surface area contributed by atoms with E-state index in [1.165, 1.54) is 0 Å². The number of nitrogens with one attached hydrogen (secondary N) is 1. The Kier molecular flexibility index (Phi) is 5.62. The van der Waals surface area contributed by atoms with Crippen molar-refractivity contribution in [2.24, 2.45) is 0 Å². The topological polar surface area (TPSA) is 41.6 Å². The normalized spacial score (nSPS) is 15.2. The molecule has 0 aliphatic carbocycles. The van der Waals surface area contributed by atoms with Gasteiger partial charge in [0.25, 0.3) is 0 Å². The molecule has 0 spiro atoms. The minimum Gasteiger partial charge on any atom is -0.457 e. The SMILES string of the molecule is Cc1cc(Oc2ccccc2)ccc1C(=O)CCN1CCNCC1. The number of nitrogens with zero attached hydrogens (tertiary/aromatic N) is 1. The molecule has 24 heavy (non-hydrogen) atoms. The minimum atomic E-state index is 0.206. The van der Waals surface area contributed by atoms with Gasteiger partial charge < -0.3 is 15.0 Å². The number of carbonyl (C=O) groups is 1. The second kappa shape index (κ2) is 8.08. The van der Waals surface area contributed by atoms with Crippen molar-refractivity contribution in [1.29, 1.82) is 0 Å². The number of ether oxygens (including phenoxy) is 1. The molecule has 126 valence electrons. The second-order valence-corrected chi connectivity index (χ2v) is 6.16. The van der Waals surface area contributed by atoms with Crippen molar-refractivity contribution < 1.29 is 9.53 Å². The van der Waals surface area contributed by atoms with Gasteiger partial charge in [-0.2, -0.15) is 0 Å². The highest BCUT2D eigenvalue weighted by Crippen LogP contribution is 2.24. The molecular weight excluding hydrogens is 300 g/mol. The van der Waals surface area contributed by atoms with Crippen LogP contribution in [0, 0.1) is 6.92 Å². The van der Waals surface area contributed by atoms with Gasteiger partial charge >= 0.3 is 0 Å². The molecule has 0 radical (unpaired) electrons. The molecule has 0 unspecified atom stereocenters. The molecule has 4 nitrogen and oxygen atoms in total. The van der Waals surface area contributed by atoms with Gasteiger partial charge in [0.2, 0.25) is 0 Å². The third-order valence-corrected chi connectivity index (χ3v) is 4.34. The van der Waals surface area contributed by atoms with E-state index in [2.05, 4.69) is 10.2 Å². The van der Waals surface area contributed by atoms with Crippen molar-refractivity contribution >= 4 is 5.78 Å². The molecule has 0 saturated carbocycles. The summed E-state index contributed by atoms with van der Waals surface area (Å²) in [5, 5.41) is 3.33. The Morgan fingerprint density at radius 2 is 1.83 bits per heavy atom. The lowest BCUT2D eigenvalue weighted by molar-refractivity contribution is 0.0960. The predicted octanol–water partition coefficient (Wildman–Crippen LogP) is 3.27. The zero-order valence-electron chi connectivity index (χ0n) is 14.1. The van der Waals surface area contributed by atoms with Crippen molar-refractivity contribution in [1.82, 2.24) is 10.2 Å². The van der Waals surface area contributed by atoms with Gasteiger partial charge in [0.05, 0.1) is 0 Å². The summed E-state index contributed by atoms with van der Waals surface area (Å²) in [6.45, 7) is 6.88. The fourth-order valence-electron chi connectivity index (χ4n) is 2.97. The number of rotatable bonds is 6. The molecule has 1 heterocycles. The van der Waals surface area contributed by atoms with Gasteiger partial charge in [0, 0.05) is 44.7 Å². The third kappa shape index (κ3) is 4.43. The van der Waals surface area contributed by atoms with E-state index in [1.54, 1.807) is 0 Å². The number of Topliss-reactive ketones (excluding diaryl/α,β-unsaturated/α-hetero) is 1. The largest absolute Gasteiger partial charge is 0.457 e. The van der Waals surface area contributed by atoms with Crippen LogP contribution in [0.2, 0.25) is 0 Å². The van der Waals surface area contributed by atoms with Gasteiger partial charge in [0.15, 0.2) is 5.78 Å². The zero-order valence-corrected chi connectivity index (χ0v) is 14.1. The first-order valence-electron chi connectivity index (χ1n) is 8.52. The van der Waals surface area contributed by atoms with Crippen LogP contribution in [0.15, 0.2) is 48.5 Å². The number of aryl methyl sites for hydroxylation is 1. The highest BCUT2D eigenvalue weighted by Gasteiger charge is 2.14. The number of hydrogen-bond donors (Lipinski definition) is 1. The Bertz CT molecular complexity index is 679. The smallest absolute Gasteiger partial charge is 0.164 e. The Morgan fingerprint density at radius 3 is 2.54 bits per heavy atom. The molecular formula is C20H24N2O2. The van der Waals surface area contributed by atoms with Crippen molar-refractivity contribution in [2.75, 3.05) is 32.7 Å². The predicted molar refractivity (Wildman–Crippen MR) is 96.0 cm³/mol. The van der Waals surface area contributed by atoms with E-state index < -0.39 is 0 Å².